The van der Waals surface area contributed by atoms with Crippen LogP contribution in [0.2, 0.25) is 0 Å². The average molecular weight is 176 g/mol. The third-order valence-electron chi connectivity index (χ3n) is 1.59. The van der Waals surface area contributed by atoms with Crippen LogP contribution in [0.1, 0.15) is 39.0 Å². The standard InChI is InChI=1S/C9H20OS/c1-2-3-7-10-8-5-4-6-9-11/h11H,2-9H2,1H3. The number of unbranched alkanes of at least 4 members (excludes halogenated alkanes) is 3. The molecule has 0 atom stereocenters. The van der Waals surface area contributed by atoms with Gasteiger partial charge in [-0.2, -0.15) is 12.6 Å². The molecule has 0 radical (unpaired) electrons. The largest absolute Gasteiger partial charge is 0.381 e. The summed E-state index contributed by atoms with van der Waals surface area (Å²) in [4.78, 5) is 0. The molecule has 0 aromatic heterocycles. The number of hydrogen-bond acceptors (Lipinski definition) is 2. The number of thiol groups is 1. The summed E-state index contributed by atoms with van der Waals surface area (Å²) in [5, 5.41) is 0. The molecule has 0 aliphatic rings. The quantitative estimate of drug-likeness (QED) is 0.442. The van der Waals surface area contributed by atoms with E-state index in [-0.39, 0.29) is 0 Å². The Morgan fingerprint density at radius 1 is 1.00 bits per heavy atom. The van der Waals surface area contributed by atoms with Gasteiger partial charge in [0.05, 0.1) is 0 Å². The van der Waals surface area contributed by atoms with Gasteiger partial charge in [-0.3, -0.25) is 0 Å². The van der Waals surface area contributed by atoms with Gasteiger partial charge in [0.25, 0.3) is 0 Å². The summed E-state index contributed by atoms with van der Waals surface area (Å²) in [5.74, 6) is 1.01. The van der Waals surface area contributed by atoms with E-state index in [1.54, 1.807) is 0 Å². The van der Waals surface area contributed by atoms with Gasteiger partial charge in [0.2, 0.25) is 0 Å². The van der Waals surface area contributed by atoms with Crippen LogP contribution in [0.15, 0.2) is 0 Å². The van der Waals surface area contributed by atoms with Crippen molar-refractivity contribution in [3.05, 3.63) is 0 Å². The van der Waals surface area contributed by atoms with Crippen LogP contribution >= 0.6 is 12.6 Å². The summed E-state index contributed by atoms with van der Waals surface area (Å²) < 4.78 is 5.40. The average Bonchev–Trinajstić information content (AvgIpc) is 2.03. The molecule has 0 unspecified atom stereocenters. The zero-order valence-electron chi connectivity index (χ0n) is 7.51. The summed E-state index contributed by atoms with van der Waals surface area (Å²) >= 11 is 4.14. The van der Waals surface area contributed by atoms with Crippen molar-refractivity contribution in [1.82, 2.24) is 0 Å². The molecule has 0 amide bonds. The lowest BCUT2D eigenvalue weighted by molar-refractivity contribution is 0.127. The van der Waals surface area contributed by atoms with E-state index in [0.717, 1.165) is 19.0 Å². The molecule has 0 bridgehead atoms. The van der Waals surface area contributed by atoms with Crippen molar-refractivity contribution >= 4 is 12.6 Å². The monoisotopic (exact) mass is 176 g/mol. The highest BCUT2D eigenvalue weighted by Gasteiger charge is 1.88. The normalized spacial score (nSPS) is 10.4. The third kappa shape index (κ3) is 10.3. The van der Waals surface area contributed by atoms with Gasteiger partial charge in [-0.1, -0.05) is 19.8 Å². The van der Waals surface area contributed by atoms with Gasteiger partial charge < -0.3 is 4.74 Å². The predicted molar refractivity (Wildman–Crippen MR) is 53.4 cm³/mol. The predicted octanol–water partition coefficient (Wildman–Crippen LogP) is 2.90. The molecule has 1 nitrogen and oxygen atoms in total. The second kappa shape index (κ2) is 10.3. The van der Waals surface area contributed by atoms with Crippen molar-refractivity contribution < 1.29 is 4.74 Å². The van der Waals surface area contributed by atoms with Crippen molar-refractivity contribution in [2.45, 2.75) is 39.0 Å². The molecule has 0 rings (SSSR count). The fourth-order valence-corrected chi connectivity index (χ4v) is 1.06. The molecule has 0 saturated heterocycles. The molecule has 0 aromatic carbocycles. The molecule has 0 N–H and O–H groups in total. The van der Waals surface area contributed by atoms with Crippen LogP contribution in [0.3, 0.4) is 0 Å². The first kappa shape index (κ1) is 11.3. The Morgan fingerprint density at radius 3 is 2.36 bits per heavy atom. The molecule has 11 heavy (non-hydrogen) atoms. The maximum absolute atomic E-state index is 5.40. The Bertz CT molecular complexity index is 58.6. The molecule has 68 valence electrons. The van der Waals surface area contributed by atoms with E-state index in [2.05, 4.69) is 19.6 Å². The Morgan fingerprint density at radius 2 is 1.73 bits per heavy atom. The fourth-order valence-electron chi connectivity index (χ4n) is 0.841. The highest BCUT2D eigenvalue weighted by molar-refractivity contribution is 7.80. The summed E-state index contributed by atoms with van der Waals surface area (Å²) in [6, 6.07) is 0. The zero-order valence-corrected chi connectivity index (χ0v) is 8.41. The van der Waals surface area contributed by atoms with Crippen LogP contribution in [-0.2, 0) is 4.74 Å². The van der Waals surface area contributed by atoms with Crippen LogP contribution in [0.4, 0.5) is 0 Å². The lowest BCUT2D eigenvalue weighted by Crippen LogP contribution is -1.96. The van der Waals surface area contributed by atoms with Crippen LogP contribution in [0.5, 0.6) is 0 Å². The van der Waals surface area contributed by atoms with Crippen molar-refractivity contribution in [1.29, 1.82) is 0 Å². The third-order valence-corrected chi connectivity index (χ3v) is 1.91. The van der Waals surface area contributed by atoms with E-state index in [4.69, 9.17) is 4.74 Å². The second-order valence-electron chi connectivity index (χ2n) is 2.75. The Hall–Kier alpha value is 0.310. The van der Waals surface area contributed by atoms with Gasteiger partial charge in [-0.15, -0.1) is 0 Å². The molecule has 0 aliphatic heterocycles. The molecule has 0 saturated carbocycles. The Kier molecular flexibility index (Phi) is 10.6. The minimum atomic E-state index is 0.938. The number of rotatable bonds is 8. The highest BCUT2D eigenvalue weighted by Crippen LogP contribution is 1.97. The van der Waals surface area contributed by atoms with Crippen molar-refractivity contribution in [3.8, 4) is 0 Å². The smallest absolute Gasteiger partial charge is 0.0466 e. The Balaban J connectivity index is 2.69. The van der Waals surface area contributed by atoms with E-state index in [1.807, 2.05) is 0 Å². The highest BCUT2D eigenvalue weighted by atomic mass is 32.1. The molecule has 0 spiro atoms. The molecule has 0 fully saturated rings. The van der Waals surface area contributed by atoms with Gasteiger partial charge in [-0.05, 0) is 25.0 Å². The zero-order chi connectivity index (χ0) is 8.36. The molecule has 0 aliphatic carbocycles. The topological polar surface area (TPSA) is 9.23 Å². The minimum absolute atomic E-state index is 0.938. The van der Waals surface area contributed by atoms with E-state index in [0.29, 0.717) is 0 Å². The van der Waals surface area contributed by atoms with Crippen LogP contribution in [-0.4, -0.2) is 19.0 Å². The fraction of sp³-hybridized carbons (Fsp3) is 1.00. The first-order valence-corrected chi connectivity index (χ1v) is 5.23. The van der Waals surface area contributed by atoms with E-state index in [9.17, 15) is 0 Å². The lowest BCUT2D eigenvalue weighted by atomic mass is 10.3. The molecule has 2 heteroatoms. The number of hydrogen-bond donors (Lipinski definition) is 1. The summed E-state index contributed by atoms with van der Waals surface area (Å²) in [6.45, 7) is 4.06. The first-order valence-electron chi connectivity index (χ1n) is 4.60. The van der Waals surface area contributed by atoms with Gasteiger partial charge in [0.1, 0.15) is 0 Å². The minimum Gasteiger partial charge on any atom is -0.381 e. The van der Waals surface area contributed by atoms with Crippen molar-refractivity contribution in [2.24, 2.45) is 0 Å². The molecular formula is C9H20OS. The van der Waals surface area contributed by atoms with Crippen LogP contribution in [0.25, 0.3) is 0 Å². The Labute approximate surface area is 75.9 Å². The van der Waals surface area contributed by atoms with Gasteiger partial charge in [0.15, 0.2) is 0 Å². The van der Waals surface area contributed by atoms with Crippen LogP contribution in [0, 0.1) is 0 Å². The van der Waals surface area contributed by atoms with Gasteiger partial charge in [0, 0.05) is 13.2 Å². The lowest BCUT2D eigenvalue weighted by Gasteiger charge is -2.01. The summed E-state index contributed by atoms with van der Waals surface area (Å²) in [6.07, 6.45) is 6.11. The molecule has 0 heterocycles. The van der Waals surface area contributed by atoms with Crippen molar-refractivity contribution in [3.63, 3.8) is 0 Å². The number of ether oxygens (including phenoxy) is 1. The van der Waals surface area contributed by atoms with Crippen LogP contribution < -0.4 is 0 Å². The van der Waals surface area contributed by atoms with Gasteiger partial charge >= 0.3 is 0 Å². The van der Waals surface area contributed by atoms with Gasteiger partial charge in [-0.25, -0.2) is 0 Å². The second-order valence-corrected chi connectivity index (χ2v) is 3.20. The van der Waals surface area contributed by atoms with Crippen molar-refractivity contribution in [2.75, 3.05) is 19.0 Å². The van der Waals surface area contributed by atoms with E-state index >= 15 is 0 Å². The van der Waals surface area contributed by atoms with E-state index in [1.165, 1.54) is 32.1 Å². The maximum Gasteiger partial charge on any atom is 0.0466 e. The molecular weight excluding hydrogens is 156 g/mol. The summed E-state index contributed by atoms with van der Waals surface area (Å²) in [5.41, 5.74) is 0. The summed E-state index contributed by atoms with van der Waals surface area (Å²) in [7, 11) is 0. The maximum atomic E-state index is 5.40. The first-order chi connectivity index (χ1) is 5.41. The van der Waals surface area contributed by atoms with E-state index < -0.39 is 0 Å². The molecule has 0 aromatic rings. The SMILES string of the molecule is CCCCOCCCCCS.